The van der Waals surface area contributed by atoms with Crippen molar-refractivity contribution < 1.29 is 28.5 Å². The van der Waals surface area contributed by atoms with Gasteiger partial charge in [-0.25, -0.2) is 9.59 Å². The zero-order chi connectivity index (χ0) is 27.2. The summed E-state index contributed by atoms with van der Waals surface area (Å²) >= 11 is 0. The lowest BCUT2D eigenvalue weighted by atomic mass is 10.0. The van der Waals surface area contributed by atoms with Crippen molar-refractivity contribution in [2.45, 2.75) is 6.42 Å². The predicted octanol–water partition coefficient (Wildman–Crippen LogP) is 5.07. The zero-order valence-electron chi connectivity index (χ0n) is 21.2. The maximum absolute atomic E-state index is 12.8. The third-order valence-electron chi connectivity index (χ3n) is 5.93. The molecule has 0 saturated heterocycles. The minimum absolute atomic E-state index is 0.0816. The van der Waals surface area contributed by atoms with Gasteiger partial charge in [0.05, 0.1) is 31.0 Å². The molecular formula is C30H23N3O6. The van der Waals surface area contributed by atoms with E-state index in [1.807, 2.05) is 18.2 Å². The van der Waals surface area contributed by atoms with E-state index in [1.165, 1.54) is 12.4 Å². The van der Waals surface area contributed by atoms with Gasteiger partial charge in [0.1, 0.15) is 0 Å². The smallest absolute Gasteiger partial charge is 0.345 e. The Balaban J connectivity index is 1.50. The van der Waals surface area contributed by atoms with E-state index in [9.17, 15) is 9.59 Å². The fraction of sp³-hybridized carbons (Fsp3) is 0.100. The Kier molecular flexibility index (Phi) is 7.40. The van der Waals surface area contributed by atoms with Crippen LogP contribution < -0.4 is 18.9 Å². The van der Waals surface area contributed by atoms with Gasteiger partial charge in [0.25, 0.3) is 0 Å². The first kappa shape index (κ1) is 25.3. The van der Waals surface area contributed by atoms with Gasteiger partial charge in [-0.3, -0.25) is 15.0 Å². The minimum atomic E-state index is -0.640. The van der Waals surface area contributed by atoms with E-state index in [2.05, 4.69) is 15.0 Å². The molecule has 0 aliphatic rings. The van der Waals surface area contributed by atoms with Crippen molar-refractivity contribution in [3.63, 3.8) is 0 Å². The van der Waals surface area contributed by atoms with Crippen molar-refractivity contribution in [1.82, 2.24) is 15.0 Å². The molecule has 0 bridgehead atoms. The highest BCUT2D eigenvalue weighted by Gasteiger charge is 2.18. The summed E-state index contributed by atoms with van der Waals surface area (Å²) in [4.78, 5) is 38.1. The summed E-state index contributed by atoms with van der Waals surface area (Å²) in [5.41, 5.74) is 2.07. The van der Waals surface area contributed by atoms with E-state index >= 15 is 0 Å². The Morgan fingerprint density at radius 2 is 1.33 bits per heavy atom. The molecule has 3 heterocycles. The number of esters is 2. The number of fused-ring (bicyclic) bond motifs is 1. The molecule has 0 radical (unpaired) electrons. The molecule has 0 unspecified atom stereocenters. The van der Waals surface area contributed by atoms with Crippen molar-refractivity contribution in [3.8, 4) is 23.0 Å². The molecule has 9 nitrogen and oxygen atoms in total. The number of ether oxygens (including phenoxy) is 4. The molecule has 0 spiro atoms. The van der Waals surface area contributed by atoms with E-state index in [1.54, 1.807) is 75.3 Å². The topological polar surface area (TPSA) is 110 Å². The number of methoxy groups -OCH3 is 2. The fourth-order valence-electron chi connectivity index (χ4n) is 4.00. The van der Waals surface area contributed by atoms with Crippen LogP contribution in [0.25, 0.3) is 10.8 Å². The number of nitrogens with zero attached hydrogens (tertiary/aromatic N) is 3. The molecule has 3 aromatic heterocycles. The summed E-state index contributed by atoms with van der Waals surface area (Å²) in [6, 6.07) is 17.1. The van der Waals surface area contributed by atoms with Gasteiger partial charge in [-0.15, -0.1) is 0 Å². The minimum Gasteiger partial charge on any atom is -0.493 e. The third kappa shape index (κ3) is 5.67. The number of benzene rings is 2. The lowest BCUT2D eigenvalue weighted by Crippen LogP contribution is -2.13. The van der Waals surface area contributed by atoms with Crippen LogP contribution in [0.1, 0.15) is 32.0 Å². The molecule has 5 aromatic rings. The first-order chi connectivity index (χ1) is 19.1. The van der Waals surface area contributed by atoms with Crippen LogP contribution in [-0.4, -0.2) is 41.1 Å². The number of pyridine rings is 3. The quantitative estimate of drug-likeness (QED) is 0.204. The SMILES string of the molecule is COc1cc2ccnc(Cc3ccc(OC(=O)c4cccnc4)c(OC(=O)c4cccnc4)c3)c2cc1OC. The van der Waals surface area contributed by atoms with Gasteiger partial charge in [-0.1, -0.05) is 6.07 Å². The number of aromatic nitrogens is 3. The molecule has 0 aliphatic carbocycles. The van der Waals surface area contributed by atoms with Gasteiger partial charge in [0, 0.05) is 42.8 Å². The summed E-state index contributed by atoms with van der Waals surface area (Å²) in [6.45, 7) is 0. The van der Waals surface area contributed by atoms with E-state index in [-0.39, 0.29) is 22.6 Å². The summed E-state index contributed by atoms with van der Waals surface area (Å²) in [7, 11) is 3.16. The van der Waals surface area contributed by atoms with Crippen LogP contribution in [0, 0.1) is 0 Å². The summed E-state index contributed by atoms with van der Waals surface area (Å²) in [5, 5.41) is 1.82. The Bertz CT molecular complexity index is 1640. The molecule has 0 N–H and O–H groups in total. The lowest BCUT2D eigenvalue weighted by molar-refractivity contribution is 0.0682. The largest absolute Gasteiger partial charge is 0.493 e. The van der Waals surface area contributed by atoms with Crippen LogP contribution in [0.15, 0.2) is 91.6 Å². The molecule has 39 heavy (non-hydrogen) atoms. The lowest BCUT2D eigenvalue weighted by Gasteiger charge is -2.14. The number of hydrogen-bond donors (Lipinski definition) is 0. The zero-order valence-corrected chi connectivity index (χ0v) is 21.2. The molecule has 0 amide bonds. The van der Waals surface area contributed by atoms with Crippen molar-refractivity contribution >= 4 is 22.7 Å². The number of carbonyl (C=O) groups excluding carboxylic acids is 2. The molecule has 5 rings (SSSR count). The molecule has 0 atom stereocenters. The van der Waals surface area contributed by atoms with E-state index in [4.69, 9.17) is 18.9 Å². The van der Waals surface area contributed by atoms with Crippen LogP contribution >= 0.6 is 0 Å². The van der Waals surface area contributed by atoms with Crippen LogP contribution in [0.4, 0.5) is 0 Å². The Labute approximate surface area is 224 Å². The van der Waals surface area contributed by atoms with Gasteiger partial charge >= 0.3 is 11.9 Å². The monoisotopic (exact) mass is 521 g/mol. The molecule has 0 saturated carbocycles. The van der Waals surface area contributed by atoms with Gasteiger partial charge in [0.2, 0.25) is 0 Å². The van der Waals surface area contributed by atoms with Crippen molar-refractivity contribution in [1.29, 1.82) is 0 Å². The standard InChI is InChI=1S/C30H23N3O6/c1-36-26-15-20-9-12-33-24(23(20)16-27(26)37-2)13-19-7-8-25(38-29(34)21-5-3-10-31-17-21)28(14-19)39-30(35)22-6-4-11-32-18-22/h3-12,14-18H,13H2,1-2H3. The molecule has 0 fully saturated rings. The molecule has 0 aliphatic heterocycles. The number of rotatable bonds is 8. The van der Waals surface area contributed by atoms with E-state index in [0.717, 1.165) is 22.0 Å². The molecular weight excluding hydrogens is 498 g/mol. The number of carbonyl (C=O) groups is 2. The molecule has 194 valence electrons. The maximum Gasteiger partial charge on any atom is 0.345 e. The summed E-state index contributed by atoms with van der Waals surface area (Å²) < 4.78 is 22.2. The average molecular weight is 522 g/mol. The number of hydrogen-bond acceptors (Lipinski definition) is 9. The first-order valence-electron chi connectivity index (χ1n) is 11.9. The summed E-state index contributed by atoms with van der Waals surface area (Å²) in [6.07, 6.45) is 8.03. The maximum atomic E-state index is 12.8. The van der Waals surface area contributed by atoms with E-state index in [0.29, 0.717) is 17.9 Å². The van der Waals surface area contributed by atoms with Gasteiger partial charge in [-0.2, -0.15) is 0 Å². The third-order valence-corrected chi connectivity index (χ3v) is 5.93. The van der Waals surface area contributed by atoms with Gasteiger partial charge in [0.15, 0.2) is 23.0 Å². The van der Waals surface area contributed by atoms with Gasteiger partial charge in [-0.05, 0) is 65.5 Å². The van der Waals surface area contributed by atoms with Crippen LogP contribution in [0.2, 0.25) is 0 Å². The first-order valence-corrected chi connectivity index (χ1v) is 11.9. The Hall–Kier alpha value is -5.31. The van der Waals surface area contributed by atoms with Crippen molar-refractivity contribution in [3.05, 3.63) is 114 Å². The highest BCUT2D eigenvalue weighted by atomic mass is 16.6. The van der Waals surface area contributed by atoms with Crippen LogP contribution in [0.5, 0.6) is 23.0 Å². The van der Waals surface area contributed by atoms with E-state index < -0.39 is 11.9 Å². The average Bonchev–Trinajstić information content (AvgIpc) is 2.98. The highest BCUT2D eigenvalue weighted by Crippen LogP contribution is 2.35. The summed E-state index contributed by atoms with van der Waals surface area (Å²) in [5.74, 6) is 0.0973. The van der Waals surface area contributed by atoms with Crippen molar-refractivity contribution in [2.24, 2.45) is 0 Å². The Morgan fingerprint density at radius 3 is 1.95 bits per heavy atom. The second-order valence-electron chi connectivity index (χ2n) is 8.41. The van der Waals surface area contributed by atoms with Crippen molar-refractivity contribution in [2.75, 3.05) is 14.2 Å². The normalized spacial score (nSPS) is 10.6. The second-order valence-corrected chi connectivity index (χ2v) is 8.41. The predicted molar refractivity (Wildman–Crippen MR) is 142 cm³/mol. The van der Waals surface area contributed by atoms with Crippen LogP contribution in [0.3, 0.4) is 0 Å². The molecule has 9 heteroatoms. The fourth-order valence-corrected chi connectivity index (χ4v) is 4.00. The Morgan fingerprint density at radius 1 is 0.692 bits per heavy atom. The highest BCUT2D eigenvalue weighted by molar-refractivity contribution is 5.93. The molecule has 2 aromatic carbocycles. The second kappa shape index (κ2) is 11.4. The van der Waals surface area contributed by atoms with Crippen LogP contribution in [-0.2, 0) is 6.42 Å². The van der Waals surface area contributed by atoms with Gasteiger partial charge < -0.3 is 18.9 Å².